The summed E-state index contributed by atoms with van der Waals surface area (Å²) in [5.74, 6) is 0.461. The molecule has 0 aromatic rings. The number of nitrogens with one attached hydrogen (secondary N) is 1. The standard InChI is InChI=1S/C7H13NO2/c9-3-6-7(10)4-1-5(2-4)8-6/h4-10H,1-3H2. The van der Waals surface area contributed by atoms with Crippen LogP contribution in [-0.2, 0) is 0 Å². The number of piperidine rings is 2. The first kappa shape index (κ1) is 6.58. The lowest BCUT2D eigenvalue weighted by Crippen LogP contribution is -2.63. The molecule has 0 aromatic carbocycles. The molecule has 3 N–H and O–H groups in total. The fourth-order valence-corrected chi connectivity index (χ4v) is 1.97. The van der Waals surface area contributed by atoms with E-state index in [1.165, 1.54) is 0 Å². The number of rotatable bonds is 1. The number of aliphatic hydroxyl groups excluding tert-OH is 2. The maximum atomic E-state index is 9.45. The molecule has 0 spiro atoms. The van der Waals surface area contributed by atoms with Gasteiger partial charge in [-0.3, -0.25) is 0 Å². The second-order valence-electron chi connectivity index (χ2n) is 3.37. The Labute approximate surface area is 60.1 Å². The van der Waals surface area contributed by atoms with Gasteiger partial charge in [0.15, 0.2) is 0 Å². The fraction of sp³-hybridized carbons (Fsp3) is 1.00. The van der Waals surface area contributed by atoms with Gasteiger partial charge < -0.3 is 15.5 Å². The van der Waals surface area contributed by atoms with Crippen molar-refractivity contribution >= 4 is 0 Å². The second kappa shape index (κ2) is 2.19. The minimum Gasteiger partial charge on any atom is -0.395 e. The monoisotopic (exact) mass is 143 g/mol. The van der Waals surface area contributed by atoms with Crippen molar-refractivity contribution in [2.75, 3.05) is 6.61 Å². The summed E-state index contributed by atoms with van der Waals surface area (Å²) in [5, 5.41) is 21.4. The van der Waals surface area contributed by atoms with E-state index in [1.54, 1.807) is 0 Å². The quantitative estimate of drug-likeness (QED) is 0.445. The molecule has 10 heavy (non-hydrogen) atoms. The highest BCUT2D eigenvalue weighted by Crippen LogP contribution is 2.36. The Kier molecular flexibility index (Phi) is 1.44. The third kappa shape index (κ3) is 0.779. The fourth-order valence-electron chi connectivity index (χ4n) is 1.97. The maximum Gasteiger partial charge on any atom is 0.0744 e. The normalized spacial score (nSPS) is 52.2. The van der Waals surface area contributed by atoms with Gasteiger partial charge in [-0.25, -0.2) is 0 Å². The molecule has 2 aliphatic heterocycles. The van der Waals surface area contributed by atoms with Gasteiger partial charge >= 0.3 is 0 Å². The summed E-state index contributed by atoms with van der Waals surface area (Å²) in [6.07, 6.45) is 1.88. The molecule has 2 heterocycles. The van der Waals surface area contributed by atoms with Gasteiger partial charge in [0, 0.05) is 6.04 Å². The molecule has 3 aliphatic rings. The van der Waals surface area contributed by atoms with Crippen molar-refractivity contribution in [2.45, 2.75) is 31.0 Å². The van der Waals surface area contributed by atoms with Crippen LogP contribution in [0.3, 0.4) is 0 Å². The summed E-state index contributed by atoms with van der Waals surface area (Å²) in [6.45, 7) is 0.0637. The van der Waals surface area contributed by atoms with Crippen molar-refractivity contribution in [1.29, 1.82) is 0 Å². The molecule has 2 atom stereocenters. The van der Waals surface area contributed by atoms with Crippen LogP contribution in [0.25, 0.3) is 0 Å². The average molecular weight is 143 g/mol. The lowest BCUT2D eigenvalue weighted by Gasteiger charge is -2.49. The van der Waals surface area contributed by atoms with Crippen LogP contribution in [0.15, 0.2) is 0 Å². The lowest BCUT2D eigenvalue weighted by molar-refractivity contribution is -0.0517. The average Bonchev–Trinajstić information content (AvgIpc) is 1.85. The first-order valence-electron chi connectivity index (χ1n) is 3.86. The van der Waals surface area contributed by atoms with Crippen LogP contribution < -0.4 is 5.32 Å². The summed E-state index contributed by atoms with van der Waals surface area (Å²) in [7, 11) is 0. The summed E-state index contributed by atoms with van der Waals surface area (Å²) >= 11 is 0. The summed E-state index contributed by atoms with van der Waals surface area (Å²) in [4.78, 5) is 0. The van der Waals surface area contributed by atoms with Gasteiger partial charge in [0.2, 0.25) is 0 Å². The van der Waals surface area contributed by atoms with Gasteiger partial charge in [0.1, 0.15) is 0 Å². The van der Waals surface area contributed by atoms with Crippen LogP contribution >= 0.6 is 0 Å². The highest BCUT2D eigenvalue weighted by Gasteiger charge is 2.44. The van der Waals surface area contributed by atoms with Crippen LogP contribution in [0.4, 0.5) is 0 Å². The Morgan fingerprint density at radius 2 is 2.10 bits per heavy atom. The maximum absolute atomic E-state index is 9.45. The SMILES string of the molecule is OCC1NC2CC(C2)C1O. The zero-order valence-corrected chi connectivity index (χ0v) is 5.83. The molecule has 2 bridgehead atoms. The van der Waals surface area contributed by atoms with Gasteiger partial charge in [-0.1, -0.05) is 0 Å². The smallest absolute Gasteiger partial charge is 0.0744 e. The van der Waals surface area contributed by atoms with E-state index in [4.69, 9.17) is 5.11 Å². The Bertz CT molecular complexity index is 134. The molecule has 3 heteroatoms. The molecule has 3 fully saturated rings. The van der Waals surface area contributed by atoms with Crippen molar-refractivity contribution < 1.29 is 10.2 Å². The third-order valence-electron chi connectivity index (χ3n) is 2.72. The predicted octanol–water partition coefficient (Wildman–Crippen LogP) is -0.910. The van der Waals surface area contributed by atoms with Crippen molar-refractivity contribution in [3.63, 3.8) is 0 Å². The van der Waals surface area contributed by atoms with Crippen molar-refractivity contribution in [3.05, 3.63) is 0 Å². The van der Waals surface area contributed by atoms with E-state index < -0.39 is 0 Å². The van der Waals surface area contributed by atoms with Crippen LogP contribution in [0.2, 0.25) is 0 Å². The lowest BCUT2D eigenvalue weighted by atomic mass is 9.70. The van der Waals surface area contributed by atoms with E-state index in [-0.39, 0.29) is 18.8 Å². The Hall–Kier alpha value is -0.120. The molecule has 2 unspecified atom stereocenters. The zero-order chi connectivity index (χ0) is 7.14. The highest BCUT2D eigenvalue weighted by molar-refractivity contribution is 5.00. The molecule has 1 aliphatic carbocycles. The van der Waals surface area contributed by atoms with Gasteiger partial charge in [0.25, 0.3) is 0 Å². The molecule has 58 valence electrons. The second-order valence-corrected chi connectivity index (χ2v) is 3.37. The number of hydrogen-bond donors (Lipinski definition) is 3. The Balaban J connectivity index is 1.99. The number of fused-ring (bicyclic) bond motifs is 2. The molecular formula is C7H13NO2. The summed E-state index contributed by atoms with van der Waals surface area (Å²) < 4.78 is 0. The van der Waals surface area contributed by atoms with Crippen molar-refractivity contribution in [3.8, 4) is 0 Å². The molecule has 0 aromatic heterocycles. The van der Waals surface area contributed by atoms with E-state index in [0.29, 0.717) is 12.0 Å². The molecule has 2 saturated heterocycles. The third-order valence-corrected chi connectivity index (χ3v) is 2.72. The first-order valence-corrected chi connectivity index (χ1v) is 3.86. The first-order chi connectivity index (χ1) is 4.81. The largest absolute Gasteiger partial charge is 0.395 e. The van der Waals surface area contributed by atoms with Crippen LogP contribution in [-0.4, -0.2) is 35.0 Å². The highest BCUT2D eigenvalue weighted by atomic mass is 16.3. The van der Waals surface area contributed by atoms with Crippen LogP contribution in [0, 0.1) is 5.92 Å². The van der Waals surface area contributed by atoms with Crippen LogP contribution in [0.1, 0.15) is 12.8 Å². The number of hydrogen-bond acceptors (Lipinski definition) is 3. The van der Waals surface area contributed by atoms with E-state index in [9.17, 15) is 5.11 Å². The van der Waals surface area contributed by atoms with Crippen LogP contribution in [0.5, 0.6) is 0 Å². The topological polar surface area (TPSA) is 52.5 Å². The van der Waals surface area contributed by atoms with Gasteiger partial charge in [-0.05, 0) is 18.8 Å². The van der Waals surface area contributed by atoms with E-state index in [0.717, 1.165) is 12.8 Å². The summed E-state index contributed by atoms with van der Waals surface area (Å²) in [5.41, 5.74) is 0. The van der Waals surface area contributed by atoms with Gasteiger partial charge in [0.05, 0.1) is 18.8 Å². The van der Waals surface area contributed by atoms with E-state index >= 15 is 0 Å². The zero-order valence-electron chi connectivity index (χ0n) is 5.83. The predicted molar refractivity (Wildman–Crippen MR) is 36.5 cm³/mol. The molecule has 0 radical (unpaired) electrons. The minimum absolute atomic E-state index is 0.0579. The Morgan fingerprint density at radius 1 is 1.40 bits per heavy atom. The summed E-state index contributed by atoms with van der Waals surface area (Å²) in [6, 6.07) is 0.517. The van der Waals surface area contributed by atoms with Gasteiger partial charge in [-0.2, -0.15) is 0 Å². The molecule has 3 rings (SSSR count). The molecule has 1 saturated carbocycles. The Morgan fingerprint density at radius 3 is 2.50 bits per heavy atom. The van der Waals surface area contributed by atoms with Gasteiger partial charge in [-0.15, -0.1) is 0 Å². The van der Waals surface area contributed by atoms with E-state index in [2.05, 4.69) is 5.32 Å². The van der Waals surface area contributed by atoms with E-state index in [1.807, 2.05) is 0 Å². The minimum atomic E-state index is -0.310. The molecule has 0 amide bonds. The number of aliphatic hydroxyl groups is 2. The molecular weight excluding hydrogens is 130 g/mol. The molecule has 3 nitrogen and oxygen atoms in total. The van der Waals surface area contributed by atoms with Crippen molar-refractivity contribution in [1.82, 2.24) is 5.32 Å². The van der Waals surface area contributed by atoms with Crippen molar-refractivity contribution in [2.24, 2.45) is 5.92 Å².